The number of amides is 1. The van der Waals surface area contributed by atoms with Crippen LogP contribution in [0.4, 0.5) is 0 Å². The number of aromatic nitrogens is 2. The van der Waals surface area contributed by atoms with Crippen molar-refractivity contribution >= 4 is 5.91 Å². The Labute approximate surface area is 161 Å². The van der Waals surface area contributed by atoms with E-state index in [2.05, 4.69) is 41.3 Å². The van der Waals surface area contributed by atoms with Crippen LogP contribution < -0.4 is 10.1 Å². The Kier molecular flexibility index (Phi) is 6.16. The molecule has 2 aromatic rings. The molecule has 6 nitrogen and oxygen atoms in total. The SMILES string of the molecule is COc1ccc(CN2CC(NC(C)=O)C(C(C)C)C2)cc1Cn1cccn1. The Hall–Kier alpha value is -2.34. The second kappa shape index (κ2) is 8.57. The van der Waals surface area contributed by atoms with Crippen LogP contribution in [0.15, 0.2) is 36.7 Å². The minimum atomic E-state index is 0.0541. The van der Waals surface area contributed by atoms with E-state index in [4.69, 9.17) is 4.74 Å². The van der Waals surface area contributed by atoms with E-state index in [9.17, 15) is 4.79 Å². The second-order valence-electron chi connectivity index (χ2n) is 7.76. The van der Waals surface area contributed by atoms with Crippen LogP contribution in [-0.4, -0.2) is 46.8 Å². The topological polar surface area (TPSA) is 59.4 Å². The van der Waals surface area contributed by atoms with E-state index in [1.54, 1.807) is 20.2 Å². The fraction of sp³-hybridized carbons (Fsp3) is 0.524. The molecule has 2 unspecified atom stereocenters. The highest BCUT2D eigenvalue weighted by Crippen LogP contribution is 2.27. The molecule has 146 valence electrons. The summed E-state index contributed by atoms with van der Waals surface area (Å²) < 4.78 is 7.43. The Morgan fingerprint density at radius 3 is 2.78 bits per heavy atom. The standard InChI is InChI=1S/C21H30N4O2/c1-15(2)19-13-24(14-20(19)23-16(3)26)11-17-6-7-21(27-4)18(10-17)12-25-9-5-8-22-25/h5-10,15,19-20H,11-14H2,1-4H3,(H,23,26). The van der Waals surface area contributed by atoms with Crippen molar-refractivity contribution in [2.75, 3.05) is 20.2 Å². The van der Waals surface area contributed by atoms with Crippen LogP contribution in [0.25, 0.3) is 0 Å². The first kappa shape index (κ1) is 19.4. The molecule has 2 heterocycles. The lowest BCUT2D eigenvalue weighted by molar-refractivity contribution is -0.119. The van der Waals surface area contributed by atoms with Crippen LogP contribution in [0.3, 0.4) is 0 Å². The molecule has 1 aromatic carbocycles. The van der Waals surface area contributed by atoms with Gasteiger partial charge < -0.3 is 10.1 Å². The van der Waals surface area contributed by atoms with Crippen LogP contribution in [0.2, 0.25) is 0 Å². The van der Waals surface area contributed by atoms with E-state index in [0.29, 0.717) is 18.4 Å². The van der Waals surface area contributed by atoms with E-state index in [1.807, 2.05) is 23.0 Å². The molecule has 1 aromatic heterocycles. The van der Waals surface area contributed by atoms with Crippen LogP contribution in [0, 0.1) is 11.8 Å². The second-order valence-corrected chi connectivity index (χ2v) is 7.76. The molecule has 1 N–H and O–H groups in total. The molecule has 0 radical (unpaired) electrons. The number of carbonyl (C=O) groups excluding carboxylic acids is 1. The average Bonchev–Trinajstić information content (AvgIpc) is 3.25. The number of benzene rings is 1. The number of rotatable bonds is 7. The van der Waals surface area contributed by atoms with Crippen molar-refractivity contribution in [1.82, 2.24) is 20.0 Å². The van der Waals surface area contributed by atoms with Gasteiger partial charge in [-0.25, -0.2) is 0 Å². The summed E-state index contributed by atoms with van der Waals surface area (Å²) >= 11 is 0. The average molecular weight is 370 g/mol. The molecule has 3 rings (SSSR count). The summed E-state index contributed by atoms with van der Waals surface area (Å²) in [7, 11) is 1.70. The monoisotopic (exact) mass is 370 g/mol. The summed E-state index contributed by atoms with van der Waals surface area (Å²) in [6, 6.07) is 8.52. The zero-order valence-electron chi connectivity index (χ0n) is 16.7. The van der Waals surface area contributed by atoms with E-state index in [0.717, 1.165) is 30.9 Å². The largest absolute Gasteiger partial charge is 0.496 e. The van der Waals surface area contributed by atoms with Gasteiger partial charge in [0.05, 0.1) is 13.7 Å². The van der Waals surface area contributed by atoms with Gasteiger partial charge in [0.2, 0.25) is 5.91 Å². The molecule has 0 aliphatic carbocycles. The molecular weight excluding hydrogens is 340 g/mol. The van der Waals surface area contributed by atoms with Crippen molar-refractivity contribution in [2.45, 2.75) is 39.9 Å². The number of nitrogens with one attached hydrogen (secondary N) is 1. The maximum absolute atomic E-state index is 11.5. The molecule has 0 saturated carbocycles. The normalized spacial score (nSPS) is 20.2. The Bertz CT molecular complexity index is 758. The number of nitrogens with zero attached hydrogens (tertiary/aromatic N) is 3. The molecule has 6 heteroatoms. The lowest BCUT2D eigenvalue weighted by Gasteiger charge is -2.22. The van der Waals surface area contributed by atoms with Crippen LogP contribution in [0.1, 0.15) is 31.9 Å². The molecule has 1 fully saturated rings. The van der Waals surface area contributed by atoms with Gasteiger partial charge in [0.1, 0.15) is 5.75 Å². The van der Waals surface area contributed by atoms with Crippen LogP contribution >= 0.6 is 0 Å². The predicted octanol–water partition coefficient (Wildman–Crippen LogP) is 2.53. The first-order valence-corrected chi connectivity index (χ1v) is 9.59. The van der Waals surface area contributed by atoms with Gasteiger partial charge in [0, 0.05) is 50.6 Å². The lowest BCUT2D eigenvalue weighted by atomic mass is 9.91. The highest BCUT2D eigenvalue weighted by molar-refractivity contribution is 5.73. The molecule has 1 saturated heterocycles. The van der Waals surface area contributed by atoms with Gasteiger partial charge in [0.15, 0.2) is 0 Å². The number of hydrogen-bond donors (Lipinski definition) is 1. The first-order chi connectivity index (χ1) is 13.0. The summed E-state index contributed by atoms with van der Waals surface area (Å²) in [4.78, 5) is 14.0. The molecule has 1 aliphatic heterocycles. The van der Waals surface area contributed by atoms with Crippen molar-refractivity contribution in [3.63, 3.8) is 0 Å². The molecule has 0 bridgehead atoms. The predicted molar refractivity (Wildman–Crippen MR) is 106 cm³/mol. The van der Waals surface area contributed by atoms with Crippen molar-refractivity contribution in [3.8, 4) is 5.75 Å². The first-order valence-electron chi connectivity index (χ1n) is 9.59. The number of methoxy groups -OCH3 is 1. The van der Waals surface area contributed by atoms with E-state index in [1.165, 1.54) is 5.56 Å². The van der Waals surface area contributed by atoms with Crippen molar-refractivity contribution in [1.29, 1.82) is 0 Å². The van der Waals surface area contributed by atoms with Gasteiger partial charge in [-0.3, -0.25) is 14.4 Å². The van der Waals surface area contributed by atoms with E-state index < -0.39 is 0 Å². The third-order valence-electron chi connectivity index (χ3n) is 5.33. The molecular formula is C21H30N4O2. The third-order valence-corrected chi connectivity index (χ3v) is 5.33. The molecule has 27 heavy (non-hydrogen) atoms. The van der Waals surface area contributed by atoms with Gasteiger partial charge in [-0.15, -0.1) is 0 Å². The Morgan fingerprint density at radius 2 is 2.15 bits per heavy atom. The Balaban J connectivity index is 1.72. The van der Waals surface area contributed by atoms with Gasteiger partial charge in [-0.1, -0.05) is 19.9 Å². The minimum Gasteiger partial charge on any atom is -0.496 e. The van der Waals surface area contributed by atoms with Crippen LogP contribution in [0.5, 0.6) is 5.75 Å². The summed E-state index contributed by atoms with van der Waals surface area (Å²) in [6.45, 7) is 9.52. The van der Waals surface area contributed by atoms with Crippen molar-refractivity contribution in [2.24, 2.45) is 11.8 Å². The highest BCUT2D eigenvalue weighted by atomic mass is 16.5. The summed E-state index contributed by atoms with van der Waals surface area (Å²) in [6.07, 6.45) is 3.74. The van der Waals surface area contributed by atoms with Crippen molar-refractivity contribution < 1.29 is 9.53 Å². The maximum atomic E-state index is 11.5. The number of carbonyl (C=O) groups is 1. The smallest absolute Gasteiger partial charge is 0.217 e. The fourth-order valence-corrected chi connectivity index (χ4v) is 4.01. The fourth-order valence-electron chi connectivity index (χ4n) is 4.01. The maximum Gasteiger partial charge on any atom is 0.217 e. The minimum absolute atomic E-state index is 0.0541. The molecule has 1 amide bonds. The molecule has 2 atom stereocenters. The summed E-state index contributed by atoms with van der Waals surface area (Å²) in [5.41, 5.74) is 2.38. The Morgan fingerprint density at radius 1 is 1.33 bits per heavy atom. The number of ether oxygens (including phenoxy) is 1. The van der Waals surface area contributed by atoms with E-state index in [-0.39, 0.29) is 11.9 Å². The number of hydrogen-bond acceptors (Lipinski definition) is 4. The van der Waals surface area contributed by atoms with Gasteiger partial charge >= 0.3 is 0 Å². The quantitative estimate of drug-likeness (QED) is 0.814. The zero-order valence-corrected chi connectivity index (χ0v) is 16.7. The summed E-state index contributed by atoms with van der Waals surface area (Å²) in [5.74, 6) is 1.96. The third kappa shape index (κ3) is 4.89. The van der Waals surface area contributed by atoms with Gasteiger partial charge in [-0.05, 0) is 35.6 Å². The molecule has 1 aliphatic rings. The summed E-state index contributed by atoms with van der Waals surface area (Å²) in [5, 5.41) is 7.43. The van der Waals surface area contributed by atoms with Crippen molar-refractivity contribution in [3.05, 3.63) is 47.8 Å². The number of likely N-dealkylation sites (tertiary alicyclic amines) is 1. The highest BCUT2D eigenvalue weighted by Gasteiger charge is 2.34. The van der Waals surface area contributed by atoms with E-state index >= 15 is 0 Å². The van der Waals surface area contributed by atoms with Gasteiger partial charge in [-0.2, -0.15) is 5.10 Å². The van der Waals surface area contributed by atoms with Crippen LogP contribution in [-0.2, 0) is 17.9 Å². The van der Waals surface area contributed by atoms with Gasteiger partial charge in [0.25, 0.3) is 0 Å². The lowest BCUT2D eigenvalue weighted by Crippen LogP contribution is -2.40. The zero-order chi connectivity index (χ0) is 19.4. The molecule has 0 spiro atoms.